The van der Waals surface area contributed by atoms with Crippen LogP contribution in [0.4, 0.5) is 4.39 Å². The van der Waals surface area contributed by atoms with Gasteiger partial charge in [-0.3, -0.25) is 14.5 Å². The Morgan fingerprint density at radius 3 is 2.37 bits per heavy atom. The van der Waals surface area contributed by atoms with Gasteiger partial charge in [0.05, 0.1) is 6.04 Å². The summed E-state index contributed by atoms with van der Waals surface area (Å²) in [4.78, 5) is 35.2. The third kappa shape index (κ3) is 5.47. The highest BCUT2D eigenvalue weighted by atomic mass is 19.1. The number of carbonyl (C=O) groups is 2. The van der Waals surface area contributed by atoms with Crippen LogP contribution in [-0.2, 0) is 16.9 Å². The second-order valence-electron chi connectivity index (χ2n) is 10.4. The Balaban J connectivity index is 1.58. The van der Waals surface area contributed by atoms with Crippen LogP contribution in [0.3, 0.4) is 0 Å². The molecule has 0 saturated heterocycles. The summed E-state index contributed by atoms with van der Waals surface area (Å²) in [6.07, 6.45) is 1.38. The van der Waals surface area contributed by atoms with Gasteiger partial charge in [0.1, 0.15) is 5.82 Å². The molecule has 38 heavy (non-hydrogen) atoms. The van der Waals surface area contributed by atoms with Crippen LogP contribution in [0.2, 0.25) is 0 Å². The molecule has 0 radical (unpaired) electrons. The monoisotopic (exact) mass is 514 g/mol. The molecule has 2 unspecified atom stereocenters. The smallest absolute Gasteiger partial charge is 0.262 e. The molecule has 1 aliphatic heterocycles. The van der Waals surface area contributed by atoms with Crippen molar-refractivity contribution in [1.82, 2.24) is 9.80 Å². The van der Waals surface area contributed by atoms with E-state index >= 15 is 0 Å². The highest BCUT2D eigenvalue weighted by Gasteiger charge is 2.50. The zero-order chi connectivity index (χ0) is 27.4. The third-order valence-corrected chi connectivity index (χ3v) is 7.14. The van der Waals surface area contributed by atoms with Gasteiger partial charge in [-0.2, -0.15) is 0 Å². The Morgan fingerprint density at radius 2 is 1.71 bits per heavy atom. The van der Waals surface area contributed by atoms with Crippen LogP contribution in [0, 0.1) is 11.7 Å². The van der Waals surface area contributed by atoms with Crippen LogP contribution in [0.15, 0.2) is 83.9 Å². The van der Waals surface area contributed by atoms with Crippen molar-refractivity contribution >= 4 is 17.8 Å². The topological polar surface area (TPSA) is 79.0 Å². The van der Waals surface area contributed by atoms with Gasteiger partial charge >= 0.3 is 0 Å². The number of nitrogens with two attached hydrogens (primary N) is 1. The van der Waals surface area contributed by atoms with E-state index in [4.69, 9.17) is 10.7 Å². The summed E-state index contributed by atoms with van der Waals surface area (Å²) in [5.74, 6) is -0.0573. The van der Waals surface area contributed by atoms with Gasteiger partial charge in [0.2, 0.25) is 0 Å². The zero-order valence-electron chi connectivity index (χ0n) is 22.4. The Bertz CT molecular complexity index is 1320. The van der Waals surface area contributed by atoms with Crippen molar-refractivity contribution in [2.45, 2.75) is 51.7 Å². The third-order valence-electron chi connectivity index (χ3n) is 7.14. The quantitative estimate of drug-likeness (QED) is 0.401. The number of carbonyl (C=O) groups excluding carboxylic acids is 2. The van der Waals surface area contributed by atoms with E-state index < -0.39 is 11.6 Å². The Hall–Kier alpha value is -4.00. The first-order valence-corrected chi connectivity index (χ1v) is 13.0. The molecule has 198 valence electrons. The van der Waals surface area contributed by atoms with Crippen molar-refractivity contribution in [2.24, 2.45) is 16.6 Å². The normalized spacial score (nSPS) is 18.0. The maximum atomic E-state index is 14.0. The van der Waals surface area contributed by atoms with Crippen LogP contribution in [0.5, 0.6) is 0 Å². The fourth-order valence-corrected chi connectivity index (χ4v) is 4.92. The molecule has 6 nitrogen and oxygen atoms in total. The molecule has 0 aliphatic carbocycles. The molecule has 1 aliphatic rings. The number of benzene rings is 3. The van der Waals surface area contributed by atoms with Crippen molar-refractivity contribution < 1.29 is 14.0 Å². The molecule has 3 aromatic carbocycles. The Labute approximate surface area is 224 Å². The molecule has 7 heteroatoms. The molecule has 1 heterocycles. The number of guanidine groups is 1. The van der Waals surface area contributed by atoms with Crippen molar-refractivity contribution in [1.29, 1.82) is 0 Å². The number of halogens is 1. The number of amides is 2. The van der Waals surface area contributed by atoms with Gasteiger partial charge in [-0.05, 0) is 66.6 Å². The van der Waals surface area contributed by atoms with Crippen molar-refractivity contribution in [2.75, 3.05) is 7.05 Å². The summed E-state index contributed by atoms with van der Waals surface area (Å²) in [6, 6.07) is 22.5. The van der Waals surface area contributed by atoms with Crippen LogP contribution in [-0.4, -0.2) is 34.6 Å². The minimum atomic E-state index is -1.06. The lowest BCUT2D eigenvalue weighted by molar-refractivity contribution is -0.133. The van der Waals surface area contributed by atoms with Gasteiger partial charge in [-0.1, -0.05) is 68.4 Å². The van der Waals surface area contributed by atoms with Crippen LogP contribution >= 0.6 is 0 Å². The predicted molar refractivity (Wildman–Crippen MR) is 148 cm³/mol. The molecular weight excluding hydrogens is 479 g/mol. The molecule has 0 fully saturated rings. The standard InChI is InChI=1S/C31H35FN4O2/c1-21(2)17-18-31(26-11-6-5-7-12-26)29(38)36(30(33)34-31)22(3)24-9-8-10-25(19-24)28(37)35(4)20-23-13-15-27(32)16-14-23/h5-16,19,21-22H,17-18,20H2,1-4H3,(H2,33,34). The molecular formula is C31H35FN4O2. The first-order valence-electron chi connectivity index (χ1n) is 13.0. The van der Waals surface area contributed by atoms with E-state index in [0.717, 1.165) is 23.1 Å². The maximum Gasteiger partial charge on any atom is 0.262 e. The number of rotatable bonds is 9. The Kier molecular flexibility index (Phi) is 7.95. The van der Waals surface area contributed by atoms with E-state index in [1.807, 2.05) is 49.4 Å². The van der Waals surface area contributed by atoms with Crippen LogP contribution in [0.25, 0.3) is 0 Å². The van der Waals surface area contributed by atoms with Gasteiger partial charge in [0.15, 0.2) is 11.5 Å². The summed E-state index contributed by atoms with van der Waals surface area (Å²) in [5, 5.41) is 0. The highest BCUT2D eigenvalue weighted by molar-refractivity contribution is 6.07. The summed E-state index contributed by atoms with van der Waals surface area (Å²) in [7, 11) is 1.71. The summed E-state index contributed by atoms with van der Waals surface area (Å²) < 4.78 is 13.2. The number of nitrogens with zero attached hydrogens (tertiary/aromatic N) is 3. The second-order valence-corrected chi connectivity index (χ2v) is 10.4. The minimum absolute atomic E-state index is 0.153. The molecule has 3 aromatic rings. The van der Waals surface area contributed by atoms with E-state index in [1.54, 1.807) is 41.1 Å². The first kappa shape index (κ1) is 27.0. The SMILES string of the molecule is CC(C)CCC1(c2ccccc2)N=C(N)N(C(C)c2cccc(C(=O)N(C)Cc3ccc(F)cc3)c2)C1=O. The minimum Gasteiger partial charge on any atom is -0.369 e. The van der Waals surface area contributed by atoms with Gasteiger partial charge in [0, 0.05) is 19.2 Å². The van der Waals surface area contributed by atoms with Crippen molar-refractivity contribution in [3.63, 3.8) is 0 Å². The lowest BCUT2D eigenvalue weighted by atomic mass is 9.83. The van der Waals surface area contributed by atoms with E-state index in [1.165, 1.54) is 12.1 Å². The Morgan fingerprint density at radius 1 is 1.03 bits per heavy atom. The average Bonchev–Trinajstić information content (AvgIpc) is 3.18. The van der Waals surface area contributed by atoms with Crippen LogP contribution < -0.4 is 5.73 Å². The average molecular weight is 515 g/mol. The molecule has 2 amide bonds. The van der Waals surface area contributed by atoms with Gasteiger partial charge in [-0.25, -0.2) is 9.38 Å². The molecule has 0 saturated carbocycles. The number of hydrogen-bond acceptors (Lipinski definition) is 4. The number of aliphatic imine (C=N–C) groups is 1. The van der Waals surface area contributed by atoms with Crippen LogP contribution in [0.1, 0.15) is 66.7 Å². The van der Waals surface area contributed by atoms with Crippen molar-refractivity contribution in [3.8, 4) is 0 Å². The fourth-order valence-electron chi connectivity index (χ4n) is 4.92. The first-order chi connectivity index (χ1) is 18.1. The van der Waals surface area contributed by atoms with Gasteiger partial charge in [0.25, 0.3) is 11.8 Å². The second kappa shape index (κ2) is 11.2. The summed E-state index contributed by atoms with van der Waals surface area (Å²) in [6.45, 7) is 6.50. The fraction of sp³-hybridized carbons (Fsp3) is 0.323. The molecule has 2 atom stereocenters. The molecule has 0 aromatic heterocycles. The van der Waals surface area contributed by atoms with Gasteiger partial charge in [-0.15, -0.1) is 0 Å². The lowest BCUT2D eigenvalue weighted by Gasteiger charge is -2.30. The zero-order valence-corrected chi connectivity index (χ0v) is 22.4. The van der Waals surface area contributed by atoms with E-state index in [9.17, 15) is 14.0 Å². The number of hydrogen-bond donors (Lipinski definition) is 1. The molecule has 2 N–H and O–H groups in total. The summed E-state index contributed by atoms with van der Waals surface area (Å²) >= 11 is 0. The largest absolute Gasteiger partial charge is 0.369 e. The predicted octanol–water partition coefficient (Wildman–Crippen LogP) is 5.65. The van der Waals surface area contributed by atoms with Gasteiger partial charge < -0.3 is 10.6 Å². The molecule has 4 rings (SSSR count). The molecule has 0 bridgehead atoms. The summed E-state index contributed by atoms with van der Waals surface area (Å²) in [5.41, 5.74) is 8.30. The van der Waals surface area contributed by atoms with E-state index in [2.05, 4.69) is 13.8 Å². The van der Waals surface area contributed by atoms with E-state index in [-0.39, 0.29) is 23.6 Å². The van der Waals surface area contributed by atoms with Crippen molar-refractivity contribution in [3.05, 3.63) is 107 Å². The maximum absolute atomic E-state index is 14.0. The lowest BCUT2D eigenvalue weighted by Crippen LogP contribution is -2.44. The van der Waals surface area contributed by atoms with E-state index in [0.29, 0.717) is 24.4 Å². The highest BCUT2D eigenvalue weighted by Crippen LogP contribution is 2.41. The molecule has 0 spiro atoms.